The Hall–Kier alpha value is -0.650. The standard InChI is InChI=1S/C19H34N2O3/c1-23-18(22)14-7-9-16(10-8-14)24-19(11-12-21-13-17(19)20)15-5-3-2-4-6-15/h14-17,21H,2-13,20H2,1H3/t14-,16+,17?,19?. The van der Waals surface area contributed by atoms with E-state index in [0.717, 1.165) is 45.2 Å². The van der Waals surface area contributed by atoms with E-state index in [1.54, 1.807) is 0 Å². The molecule has 3 N–H and O–H groups in total. The molecule has 0 spiro atoms. The SMILES string of the molecule is COC(=O)[C@H]1CC[C@@H](OC2(C3CCCCC3)CCNCC2N)CC1. The average Bonchev–Trinajstić information content (AvgIpc) is 2.64. The predicted octanol–water partition coefficient (Wildman–Crippen LogP) is 2.37. The van der Waals surface area contributed by atoms with Gasteiger partial charge in [0, 0.05) is 12.6 Å². The van der Waals surface area contributed by atoms with Crippen LogP contribution in [0.4, 0.5) is 0 Å². The molecule has 3 rings (SSSR count). The number of carbonyl (C=O) groups is 1. The van der Waals surface area contributed by atoms with Crippen molar-refractivity contribution < 1.29 is 14.3 Å². The third-order valence-electron chi connectivity index (χ3n) is 6.58. The molecule has 138 valence electrons. The van der Waals surface area contributed by atoms with Crippen LogP contribution in [0.15, 0.2) is 0 Å². The van der Waals surface area contributed by atoms with Crippen LogP contribution in [0.1, 0.15) is 64.2 Å². The molecule has 3 aliphatic rings. The van der Waals surface area contributed by atoms with E-state index in [9.17, 15) is 4.79 Å². The van der Waals surface area contributed by atoms with Crippen LogP contribution in [-0.2, 0) is 14.3 Å². The first-order valence-corrected chi connectivity index (χ1v) is 9.87. The van der Waals surface area contributed by atoms with Gasteiger partial charge in [0.2, 0.25) is 0 Å². The Kier molecular flexibility index (Phi) is 6.17. The van der Waals surface area contributed by atoms with E-state index in [0.29, 0.717) is 5.92 Å². The molecule has 0 aromatic heterocycles. The van der Waals surface area contributed by atoms with Gasteiger partial charge < -0.3 is 20.5 Å². The molecule has 1 aliphatic heterocycles. The molecular weight excluding hydrogens is 304 g/mol. The van der Waals surface area contributed by atoms with Gasteiger partial charge in [-0.2, -0.15) is 0 Å². The number of hydrogen-bond donors (Lipinski definition) is 2. The summed E-state index contributed by atoms with van der Waals surface area (Å²) in [5.41, 5.74) is 6.44. The number of ether oxygens (including phenoxy) is 2. The Balaban J connectivity index is 1.65. The van der Waals surface area contributed by atoms with Crippen LogP contribution >= 0.6 is 0 Å². The van der Waals surface area contributed by atoms with Gasteiger partial charge in [0.1, 0.15) is 0 Å². The maximum Gasteiger partial charge on any atom is 0.308 e. The number of esters is 1. The third kappa shape index (κ3) is 3.78. The monoisotopic (exact) mass is 338 g/mol. The minimum atomic E-state index is -0.158. The van der Waals surface area contributed by atoms with Crippen molar-refractivity contribution in [3.8, 4) is 0 Å². The molecule has 1 saturated heterocycles. The zero-order chi connectivity index (χ0) is 17.0. The Morgan fingerprint density at radius 2 is 1.79 bits per heavy atom. The summed E-state index contributed by atoms with van der Waals surface area (Å²) in [5, 5.41) is 3.43. The quantitative estimate of drug-likeness (QED) is 0.770. The van der Waals surface area contributed by atoms with Gasteiger partial charge in [-0.05, 0) is 57.4 Å². The van der Waals surface area contributed by atoms with Crippen molar-refractivity contribution >= 4 is 5.97 Å². The van der Waals surface area contributed by atoms with E-state index in [1.807, 2.05) is 0 Å². The van der Waals surface area contributed by atoms with Crippen LogP contribution < -0.4 is 11.1 Å². The predicted molar refractivity (Wildman–Crippen MR) is 93.6 cm³/mol. The molecule has 2 saturated carbocycles. The van der Waals surface area contributed by atoms with Crippen molar-refractivity contribution in [3.05, 3.63) is 0 Å². The number of piperidine rings is 1. The molecule has 2 aliphatic carbocycles. The van der Waals surface area contributed by atoms with Gasteiger partial charge in [0.25, 0.3) is 0 Å². The van der Waals surface area contributed by atoms with Crippen molar-refractivity contribution in [3.63, 3.8) is 0 Å². The van der Waals surface area contributed by atoms with Gasteiger partial charge in [0.15, 0.2) is 0 Å². The zero-order valence-corrected chi connectivity index (χ0v) is 15.1. The van der Waals surface area contributed by atoms with Gasteiger partial charge in [-0.1, -0.05) is 19.3 Å². The summed E-state index contributed by atoms with van der Waals surface area (Å²) in [5.74, 6) is 0.595. The Labute approximate surface area is 146 Å². The average molecular weight is 338 g/mol. The van der Waals surface area contributed by atoms with Crippen LogP contribution in [0.3, 0.4) is 0 Å². The number of nitrogens with two attached hydrogens (primary N) is 1. The molecule has 3 fully saturated rings. The van der Waals surface area contributed by atoms with Crippen LogP contribution in [-0.4, -0.2) is 43.9 Å². The van der Waals surface area contributed by atoms with Crippen molar-refractivity contribution in [1.29, 1.82) is 0 Å². The lowest BCUT2D eigenvalue weighted by atomic mass is 9.70. The van der Waals surface area contributed by atoms with E-state index in [1.165, 1.54) is 39.2 Å². The number of hydrogen-bond acceptors (Lipinski definition) is 5. The molecule has 0 bridgehead atoms. The van der Waals surface area contributed by atoms with Gasteiger partial charge in [-0.3, -0.25) is 4.79 Å². The first kappa shape index (κ1) is 18.2. The number of carbonyl (C=O) groups excluding carboxylic acids is 1. The molecule has 0 aromatic carbocycles. The fourth-order valence-electron chi connectivity index (χ4n) is 5.13. The lowest BCUT2D eigenvalue weighted by Crippen LogP contribution is -2.64. The molecule has 1 heterocycles. The second-order valence-electron chi connectivity index (χ2n) is 7.97. The van der Waals surface area contributed by atoms with Crippen LogP contribution in [0, 0.1) is 11.8 Å². The van der Waals surface area contributed by atoms with Crippen molar-refractivity contribution in [2.75, 3.05) is 20.2 Å². The first-order chi connectivity index (χ1) is 11.7. The van der Waals surface area contributed by atoms with Gasteiger partial charge in [0.05, 0.1) is 24.7 Å². The summed E-state index contributed by atoms with van der Waals surface area (Å²) in [6, 6.07) is 0.0766. The van der Waals surface area contributed by atoms with Gasteiger partial charge in [-0.15, -0.1) is 0 Å². The summed E-state index contributed by atoms with van der Waals surface area (Å²) < 4.78 is 11.7. The van der Waals surface area contributed by atoms with Crippen molar-refractivity contribution in [2.24, 2.45) is 17.6 Å². The maximum absolute atomic E-state index is 11.7. The second-order valence-corrected chi connectivity index (χ2v) is 7.97. The highest BCUT2D eigenvalue weighted by atomic mass is 16.5. The lowest BCUT2D eigenvalue weighted by molar-refractivity contribution is -0.172. The minimum Gasteiger partial charge on any atom is -0.469 e. The first-order valence-electron chi connectivity index (χ1n) is 9.87. The Bertz CT molecular complexity index is 417. The zero-order valence-electron chi connectivity index (χ0n) is 15.1. The second kappa shape index (κ2) is 8.15. The van der Waals surface area contributed by atoms with Crippen LogP contribution in [0.25, 0.3) is 0 Å². The summed E-state index contributed by atoms with van der Waals surface area (Å²) >= 11 is 0. The topological polar surface area (TPSA) is 73.6 Å². The summed E-state index contributed by atoms with van der Waals surface area (Å²) in [7, 11) is 1.48. The number of methoxy groups -OCH3 is 1. The largest absolute Gasteiger partial charge is 0.469 e. The van der Waals surface area contributed by atoms with E-state index >= 15 is 0 Å². The fourth-order valence-corrected chi connectivity index (χ4v) is 5.13. The van der Waals surface area contributed by atoms with E-state index in [-0.39, 0.29) is 29.6 Å². The molecule has 5 nitrogen and oxygen atoms in total. The van der Waals surface area contributed by atoms with Crippen LogP contribution in [0.2, 0.25) is 0 Å². The Morgan fingerprint density at radius 1 is 1.08 bits per heavy atom. The van der Waals surface area contributed by atoms with Gasteiger partial charge >= 0.3 is 5.97 Å². The highest BCUT2D eigenvalue weighted by Gasteiger charge is 2.48. The summed E-state index contributed by atoms with van der Waals surface area (Å²) in [6.07, 6.45) is 11.4. The highest BCUT2D eigenvalue weighted by Crippen LogP contribution is 2.42. The number of rotatable bonds is 4. The minimum absolute atomic E-state index is 0.0576. The smallest absolute Gasteiger partial charge is 0.308 e. The molecule has 0 aromatic rings. The van der Waals surface area contributed by atoms with E-state index < -0.39 is 0 Å². The van der Waals surface area contributed by atoms with Crippen LogP contribution in [0.5, 0.6) is 0 Å². The van der Waals surface area contributed by atoms with Gasteiger partial charge in [-0.25, -0.2) is 0 Å². The molecule has 24 heavy (non-hydrogen) atoms. The molecule has 2 unspecified atom stereocenters. The summed E-state index contributed by atoms with van der Waals surface area (Å²) in [4.78, 5) is 11.7. The van der Waals surface area contributed by atoms with Crippen molar-refractivity contribution in [1.82, 2.24) is 5.32 Å². The van der Waals surface area contributed by atoms with Crippen molar-refractivity contribution in [2.45, 2.75) is 82.0 Å². The molecule has 2 atom stereocenters. The highest BCUT2D eigenvalue weighted by molar-refractivity contribution is 5.72. The normalized spacial score (nSPS) is 38.7. The molecule has 5 heteroatoms. The maximum atomic E-state index is 11.7. The third-order valence-corrected chi connectivity index (χ3v) is 6.58. The summed E-state index contributed by atoms with van der Waals surface area (Å²) in [6.45, 7) is 1.86. The van der Waals surface area contributed by atoms with E-state index in [2.05, 4.69) is 5.32 Å². The molecule has 0 amide bonds. The molecular formula is C19H34N2O3. The number of nitrogens with one attached hydrogen (secondary N) is 1. The lowest BCUT2D eigenvalue weighted by Gasteiger charge is -2.51. The van der Waals surface area contributed by atoms with E-state index in [4.69, 9.17) is 15.2 Å². The molecule has 0 radical (unpaired) electrons. The fraction of sp³-hybridized carbons (Fsp3) is 0.947. The Morgan fingerprint density at radius 3 is 2.42 bits per heavy atom.